The third kappa shape index (κ3) is 4.94. The molecule has 3 aromatic heterocycles. The maximum Gasteiger partial charge on any atom is 0.242 e. The zero-order valence-corrected chi connectivity index (χ0v) is 14.5. The van der Waals surface area contributed by atoms with Gasteiger partial charge in [0, 0.05) is 31.7 Å². The lowest BCUT2D eigenvalue weighted by atomic mass is 10.4. The molecule has 10 heteroatoms. The SMILES string of the molecule is O=S(=O)(NCCNc1ccc(Nc2ccccn2)nn1)c1cccnc1. The summed E-state index contributed by atoms with van der Waals surface area (Å²) in [5.41, 5.74) is 0. The van der Waals surface area contributed by atoms with Crippen LogP contribution >= 0.6 is 0 Å². The average molecular weight is 371 g/mol. The normalized spacial score (nSPS) is 11.1. The largest absolute Gasteiger partial charge is 0.367 e. The summed E-state index contributed by atoms with van der Waals surface area (Å²) >= 11 is 0. The molecule has 0 aliphatic carbocycles. The molecule has 134 valence electrons. The molecule has 0 saturated heterocycles. The molecule has 9 nitrogen and oxygen atoms in total. The number of hydrogen-bond donors (Lipinski definition) is 3. The van der Waals surface area contributed by atoms with Crippen molar-refractivity contribution in [3.8, 4) is 0 Å². The highest BCUT2D eigenvalue weighted by Gasteiger charge is 2.12. The van der Waals surface area contributed by atoms with E-state index in [2.05, 4.69) is 35.5 Å². The first-order valence-corrected chi connectivity index (χ1v) is 9.27. The molecule has 0 radical (unpaired) electrons. The quantitative estimate of drug-likeness (QED) is 0.508. The van der Waals surface area contributed by atoms with Crippen molar-refractivity contribution in [3.05, 3.63) is 61.1 Å². The van der Waals surface area contributed by atoms with Gasteiger partial charge in [-0.1, -0.05) is 6.07 Å². The van der Waals surface area contributed by atoms with Gasteiger partial charge < -0.3 is 10.6 Å². The summed E-state index contributed by atoms with van der Waals surface area (Å²) < 4.78 is 26.6. The van der Waals surface area contributed by atoms with Crippen LogP contribution in [-0.4, -0.2) is 41.7 Å². The summed E-state index contributed by atoms with van der Waals surface area (Å²) in [6.45, 7) is 0.564. The van der Waals surface area contributed by atoms with Gasteiger partial charge in [-0.15, -0.1) is 10.2 Å². The zero-order chi connectivity index (χ0) is 18.2. The van der Waals surface area contributed by atoms with E-state index < -0.39 is 10.0 Å². The first kappa shape index (κ1) is 17.7. The van der Waals surface area contributed by atoms with Crippen molar-refractivity contribution in [2.75, 3.05) is 23.7 Å². The van der Waals surface area contributed by atoms with Gasteiger partial charge in [0.25, 0.3) is 0 Å². The van der Waals surface area contributed by atoms with Gasteiger partial charge in [0.2, 0.25) is 10.0 Å². The Morgan fingerprint density at radius 3 is 2.38 bits per heavy atom. The predicted molar refractivity (Wildman–Crippen MR) is 97.5 cm³/mol. The van der Waals surface area contributed by atoms with Crippen LogP contribution in [-0.2, 0) is 10.0 Å². The van der Waals surface area contributed by atoms with Gasteiger partial charge in [-0.25, -0.2) is 18.1 Å². The van der Waals surface area contributed by atoms with Gasteiger partial charge in [-0.2, -0.15) is 0 Å². The molecule has 0 unspecified atom stereocenters. The van der Waals surface area contributed by atoms with Crippen LogP contribution < -0.4 is 15.4 Å². The lowest BCUT2D eigenvalue weighted by Crippen LogP contribution is -2.29. The molecule has 0 aromatic carbocycles. The summed E-state index contributed by atoms with van der Waals surface area (Å²) in [4.78, 5) is 8.07. The number of pyridine rings is 2. The summed E-state index contributed by atoms with van der Waals surface area (Å²) in [6, 6.07) is 12.1. The number of aromatic nitrogens is 4. The minimum absolute atomic E-state index is 0.129. The van der Waals surface area contributed by atoms with Crippen molar-refractivity contribution in [2.45, 2.75) is 4.90 Å². The average Bonchev–Trinajstić information content (AvgIpc) is 2.68. The molecule has 0 bridgehead atoms. The molecule has 3 aromatic rings. The summed E-state index contributed by atoms with van der Waals surface area (Å²) in [5.74, 6) is 1.77. The third-order valence-corrected chi connectivity index (χ3v) is 4.70. The molecule has 0 fully saturated rings. The molecule has 0 amide bonds. The van der Waals surface area contributed by atoms with Gasteiger partial charge in [0.05, 0.1) is 0 Å². The van der Waals surface area contributed by atoms with E-state index in [0.29, 0.717) is 24.0 Å². The van der Waals surface area contributed by atoms with E-state index in [9.17, 15) is 8.42 Å². The maximum absolute atomic E-state index is 12.0. The Labute approximate surface area is 151 Å². The van der Waals surface area contributed by atoms with Gasteiger partial charge in [0.15, 0.2) is 5.82 Å². The van der Waals surface area contributed by atoms with Crippen LogP contribution in [0.2, 0.25) is 0 Å². The van der Waals surface area contributed by atoms with E-state index in [1.807, 2.05) is 18.2 Å². The second-order valence-corrected chi connectivity index (χ2v) is 6.92. The molecule has 3 N–H and O–H groups in total. The minimum atomic E-state index is -3.56. The van der Waals surface area contributed by atoms with Crippen molar-refractivity contribution in [1.29, 1.82) is 0 Å². The molecule has 26 heavy (non-hydrogen) atoms. The van der Waals surface area contributed by atoms with E-state index in [4.69, 9.17) is 0 Å². The molecule has 0 aliphatic rings. The topological polar surface area (TPSA) is 122 Å². The third-order valence-electron chi connectivity index (χ3n) is 3.25. The highest BCUT2D eigenvalue weighted by molar-refractivity contribution is 7.89. The number of anilines is 3. The van der Waals surface area contributed by atoms with Gasteiger partial charge in [0.1, 0.15) is 16.5 Å². The first-order valence-electron chi connectivity index (χ1n) is 7.79. The highest BCUT2D eigenvalue weighted by Crippen LogP contribution is 2.11. The molecule has 3 rings (SSSR count). The smallest absolute Gasteiger partial charge is 0.242 e. The predicted octanol–water partition coefficient (Wildman–Crippen LogP) is 1.40. The van der Waals surface area contributed by atoms with E-state index in [-0.39, 0.29) is 11.4 Å². The molecule has 3 heterocycles. The van der Waals surface area contributed by atoms with E-state index in [0.717, 1.165) is 0 Å². The Morgan fingerprint density at radius 1 is 0.846 bits per heavy atom. The number of rotatable bonds is 8. The Kier molecular flexibility index (Phi) is 5.66. The molecule has 0 atom stereocenters. The van der Waals surface area contributed by atoms with Gasteiger partial charge >= 0.3 is 0 Å². The van der Waals surface area contributed by atoms with Crippen LogP contribution in [0.1, 0.15) is 0 Å². The summed E-state index contributed by atoms with van der Waals surface area (Å²) in [5, 5.41) is 14.1. The van der Waals surface area contributed by atoms with Crippen LogP contribution in [0.25, 0.3) is 0 Å². The second kappa shape index (κ2) is 8.32. The van der Waals surface area contributed by atoms with Crippen molar-refractivity contribution in [3.63, 3.8) is 0 Å². The Balaban J connectivity index is 1.47. The number of nitrogens with zero attached hydrogens (tertiary/aromatic N) is 4. The molecular formula is C16H17N7O2S. The minimum Gasteiger partial charge on any atom is -0.367 e. The van der Waals surface area contributed by atoms with Crippen LogP contribution in [0.4, 0.5) is 17.5 Å². The maximum atomic E-state index is 12.0. The Morgan fingerprint density at radius 2 is 1.69 bits per heavy atom. The van der Waals surface area contributed by atoms with E-state index >= 15 is 0 Å². The fourth-order valence-electron chi connectivity index (χ4n) is 2.03. The van der Waals surface area contributed by atoms with E-state index in [1.54, 1.807) is 24.4 Å². The summed E-state index contributed by atoms with van der Waals surface area (Å²) in [6.07, 6.45) is 4.50. The lowest BCUT2D eigenvalue weighted by molar-refractivity contribution is 0.582. The van der Waals surface area contributed by atoms with Crippen molar-refractivity contribution < 1.29 is 8.42 Å². The summed E-state index contributed by atoms with van der Waals surface area (Å²) in [7, 11) is -3.56. The number of sulfonamides is 1. The molecule has 0 saturated carbocycles. The lowest BCUT2D eigenvalue weighted by Gasteiger charge is -2.08. The molecule has 0 spiro atoms. The van der Waals surface area contributed by atoms with Gasteiger partial charge in [-0.3, -0.25) is 4.98 Å². The van der Waals surface area contributed by atoms with Crippen LogP contribution in [0.5, 0.6) is 0 Å². The molecular weight excluding hydrogens is 354 g/mol. The van der Waals surface area contributed by atoms with Gasteiger partial charge in [-0.05, 0) is 36.4 Å². The molecule has 0 aliphatic heterocycles. The van der Waals surface area contributed by atoms with Crippen LogP contribution in [0, 0.1) is 0 Å². The Hall–Kier alpha value is -3.11. The van der Waals surface area contributed by atoms with Crippen molar-refractivity contribution in [1.82, 2.24) is 24.9 Å². The first-order chi connectivity index (χ1) is 12.6. The number of nitrogens with one attached hydrogen (secondary N) is 3. The fourth-order valence-corrected chi connectivity index (χ4v) is 3.02. The Bertz CT molecular complexity index is 920. The van der Waals surface area contributed by atoms with Crippen molar-refractivity contribution >= 4 is 27.5 Å². The van der Waals surface area contributed by atoms with Crippen LogP contribution in [0.3, 0.4) is 0 Å². The zero-order valence-electron chi connectivity index (χ0n) is 13.7. The van der Waals surface area contributed by atoms with Crippen molar-refractivity contribution in [2.24, 2.45) is 0 Å². The number of hydrogen-bond acceptors (Lipinski definition) is 8. The van der Waals surface area contributed by atoms with Crippen LogP contribution in [0.15, 0.2) is 66.0 Å². The van der Waals surface area contributed by atoms with E-state index in [1.165, 1.54) is 18.5 Å². The monoisotopic (exact) mass is 371 g/mol. The highest BCUT2D eigenvalue weighted by atomic mass is 32.2. The standard InChI is InChI=1S/C16H17N7O2S/c24-26(25,13-4-3-8-17-12-13)20-11-10-19-15-6-7-16(23-22-15)21-14-5-1-2-9-18-14/h1-9,12,20H,10-11H2,(H,19,22)(H,18,21,23). The second-order valence-electron chi connectivity index (χ2n) is 5.16. The fraction of sp³-hybridized carbons (Fsp3) is 0.125.